The van der Waals surface area contributed by atoms with Crippen molar-refractivity contribution in [1.82, 2.24) is 10.2 Å². The van der Waals surface area contributed by atoms with Crippen LogP contribution in [0.5, 0.6) is 5.75 Å². The van der Waals surface area contributed by atoms with Gasteiger partial charge in [-0.1, -0.05) is 0 Å². The molecule has 2 aliphatic rings. The van der Waals surface area contributed by atoms with Crippen molar-refractivity contribution in [2.24, 2.45) is 5.92 Å². The van der Waals surface area contributed by atoms with E-state index in [1.807, 2.05) is 30.9 Å². The van der Waals surface area contributed by atoms with Crippen LogP contribution in [0, 0.1) is 5.92 Å². The fourth-order valence-electron chi connectivity index (χ4n) is 3.64. The first kappa shape index (κ1) is 19.7. The number of carbonyl (C=O) groups excluding carboxylic acids is 2. The van der Waals surface area contributed by atoms with Crippen LogP contribution in [0.4, 0.5) is 0 Å². The number of piperidine rings is 1. The molecule has 2 fully saturated rings. The van der Waals surface area contributed by atoms with E-state index in [2.05, 4.69) is 5.32 Å². The molecule has 6 heteroatoms. The minimum atomic E-state index is -0.241. The van der Waals surface area contributed by atoms with Gasteiger partial charge >= 0.3 is 0 Å². The zero-order valence-corrected chi connectivity index (χ0v) is 16.3. The molecule has 0 aliphatic carbocycles. The van der Waals surface area contributed by atoms with E-state index in [9.17, 15) is 9.59 Å². The summed E-state index contributed by atoms with van der Waals surface area (Å²) in [5, 5.41) is 2.87. The van der Waals surface area contributed by atoms with Crippen molar-refractivity contribution in [3.05, 3.63) is 29.8 Å². The van der Waals surface area contributed by atoms with Crippen molar-refractivity contribution in [2.45, 2.75) is 51.7 Å². The van der Waals surface area contributed by atoms with Crippen molar-refractivity contribution in [1.29, 1.82) is 0 Å². The minimum absolute atomic E-state index is 0.0767. The van der Waals surface area contributed by atoms with Gasteiger partial charge in [-0.25, -0.2) is 0 Å². The van der Waals surface area contributed by atoms with Crippen molar-refractivity contribution >= 4 is 11.8 Å². The van der Waals surface area contributed by atoms with E-state index in [0.717, 1.165) is 44.5 Å². The van der Waals surface area contributed by atoms with E-state index in [1.165, 1.54) is 0 Å². The van der Waals surface area contributed by atoms with Crippen LogP contribution in [0.25, 0.3) is 0 Å². The lowest BCUT2D eigenvalue weighted by Gasteiger charge is -2.34. The Labute approximate surface area is 161 Å². The summed E-state index contributed by atoms with van der Waals surface area (Å²) in [7, 11) is 0. The predicted molar refractivity (Wildman–Crippen MR) is 103 cm³/mol. The molecule has 3 rings (SSSR count). The van der Waals surface area contributed by atoms with Crippen LogP contribution in [0.2, 0.25) is 0 Å². The molecular formula is C21H30N2O4. The van der Waals surface area contributed by atoms with Crippen LogP contribution in [0.3, 0.4) is 0 Å². The summed E-state index contributed by atoms with van der Waals surface area (Å²) < 4.78 is 11.4. The summed E-state index contributed by atoms with van der Waals surface area (Å²) in [4.78, 5) is 26.4. The summed E-state index contributed by atoms with van der Waals surface area (Å²) in [6.45, 7) is 6.69. The van der Waals surface area contributed by atoms with Gasteiger partial charge in [-0.05, 0) is 63.8 Å². The molecule has 2 atom stereocenters. The lowest BCUT2D eigenvalue weighted by Crippen LogP contribution is -2.45. The van der Waals surface area contributed by atoms with Gasteiger partial charge in [0.25, 0.3) is 11.8 Å². The number of likely N-dealkylation sites (tertiary alicyclic amines) is 1. The van der Waals surface area contributed by atoms with Crippen LogP contribution in [0.15, 0.2) is 24.3 Å². The maximum absolute atomic E-state index is 12.5. The van der Waals surface area contributed by atoms with Crippen LogP contribution in [-0.2, 0) is 9.53 Å². The van der Waals surface area contributed by atoms with E-state index in [4.69, 9.17) is 9.47 Å². The average molecular weight is 374 g/mol. The molecule has 0 unspecified atom stereocenters. The summed E-state index contributed by atoms with van der Waals surface area (Å²) >= 11 is 0. The molecule has 0 radical (unpaired) electrons. The number of amides is 2. The van der Waals surface area contributed by atoms with E-state index in [-0.39, 0.29) is 24.0 Å². The molecule has 0 spiro atoms. The fourth-order valence-corrected chi connectivity index (χ4v) is 3.64. The topological polar surface area (TPSA) is 67.9 Å². The molecule has 1 aromatic rings. The van der Waals surface area contributed by atoms with E-state index < -0.39 is 0 Å². The normalized spacial score (nSPS) is 22.7. The van der Waals surface area contributed by atoms with Crippen LogP contribution >= 0.6 is 0 Å². The number of carbonyl (C=O) groups is 2. The third kappa shape index (κ3) is 5.45. The number of nitrogens with one attached hydrogen (secondary N) is 1. The highest BCUT2D eigenvalue weighted by Gasteiger charge is 2.31. The molecule has 27 heavy (non-hydrogen) atoms. The van der Waals surface area contributed by atoms with Gasteiger partial charge in [0.2, 0.25) is 0 Å². The fraction of sp³-hybridized carbons (Fsp3) is 0.619. The number of hydrogen-bond donors (Lipinski definition) is 1. The van der Waals surface area contributed by atoms with Gasteiger partial charge in [0.05, 0.1) is 6.61 Å². The van der Waals surface area contributed by atoms with E-state index in [1.54, 1.807) is 12.1 Å². The van der Waals surface area contributed by atoms with E-state index in [0.29, 0.717) is 24.7 Å². The Balaban J connectivity index is 1.47. The zero-order valence-electron chi connectivity index (χ0n) is 16.3. The first-order chi connectivity index (χ1) is 13.0. The number of nitrogens with zero attached hydrogens (tertiary/aromatic N) is 1. The first-order valence-electron chi connectivity index (χ1n) is 9.97. The molecule has 2 amide bonds. The average Bonchev–Trinajstić information content (AvgIpc) is 3.20. The highest BCUT2D eigenvalue weighted by atomic mass is 16.5. The van der Waals surface area contributed by atoms with Gasteiger partial charge in [-0.2, -0.15) is 0 Å². The van der Waals surface area contributed by atoms with Gasteiger partial charge in [-0.15, -0.1) is 0 Å². The van der Waals surface area contributed by atoms with Crippen molar-refractivity contribution in [3.63, 3.8) is 0 Å². The summed E-state index contributed by atoms with van der Waals surface area (Å²) in [5.74, 6) is 1.14. The first-order valence-corrected chi connectivity index (χ1v) is 9.97. The van der Waals surface area contributed by atoms with Gasteiger partial charge < -0.3 is 19.7 Å². The second-order valence-corrected chi connectivity index (χ2v) is 7.76. The predicted octanol–water partition coefficient (Wildman–Crippen LogP) is 2.62. The summed E-state index contributed by atoms with van der Waals surface area (Å²) in [6, 6.07) is 7.32. The monoisotopic (exact) mass is 374 g/mol. The maximum Gasteiger partial charge on any atom is 0.251 e. The maximum atomic E-state index is 12.5. The number of ether oxygens (including phenoxy) is 2. The summed E-state index contributed by atoms with van der Waals surface area (Å²) in [5.41, 5.74) is 0.627. The molecule has 2 saturated heterocycles. The Bertz CT molecular complexity index is 638. The lowest BCUT2D eigenvalue weighted by molar-refractivity contribution is -0.143. The lowest BCUT2D eigenvalue weighted by atomic mass is 9.98. The Hall–Kier alpha value is -2.08. The SMILES string of the molecule is CC(C)NC(=O)c1ccc(OC[C@H]2CCCN(C(=O)[C@@H]3CCCO3)C2)cc1. The molecule has 0 aromatic heterocycles. The second-order valence-electron chi connectivity index (χ2n) is 7.76. The number of benzene rings is 1. The van der Waals surface area contributed by atoms with Crippen LogP contribution in [0.1, 0.15) is 49.9 Å². The highest BCUT2D eigenvalue weighted by molar-refractivity contribution is 5.94. The Morgan fingerprint density at radius 1 is 1.22 bits per heavy atom. The van der Waals surface area contributed by atoms with Crippen molar-refractivity contribution in [3.8, 4) is 5.75 Å². The molecule has 1 aromatic carbocycles. The zero-order chi connectivity index (χ0) is 19.2. The van der Waals surface area contributed by atoms with Crippen molar-refractivity contribution in [2.75, 3.05) is 26.3 Å². The third-order valence-corrected chi connectivity index (χ3v) is 5.06. The van der Waals surface area contributed by atoms with Gasteiger partial charge in [0.1, 0.15) is 11.9 Å². The molecule has 1 N–H and O–H groups in total. The highest BCUT2D eigenvalue weighted by Crippen LogP contribution is 2.22. The largest absolute Gasteiger partial charge is 0.493 e. The summed E-state index contributed by atoms with van der Waals surface area (Å²) in [6.07, 6.45) is 3.63. The van der Waals surface area contributed by atoms with Crippen LogP contribution in [-0.4, -0.2) is 55.2 Å². The van der Waals surface area contributed by atoms with Gasteiger partial charge in [0, 0.05) is 37.2 Å². The van der Waals surface area contributed by atoms with E-state index >= 15 is 0 Å². The molecule has 0 bridgehead atoms. The van der Waals surface area contributed by atoms with Gasteiger partial charge in [-0.3, -0.25) is 9.59 Å². The van der Waals surface area contributed by atoms with Crippen LogP contribution < -0.4 is 10.1 Å². The number of hydrogen-bond acceptors (Lipinski definition) is 4. The molecular weight excluding hydrogens is 344 g/mol. The molecule has 0 saturated carbocycles. The Morgan fingerprint density at radius 3 is 2.67 bits per heavy atom. The number of rotatable bonds is 6. The minimum Gasteiger partial charge on any atom is -0.493 e. The Morgan fingerprint density at radius 2 is 2.00 bits per heavy atom. The second kappa shape index (κ2) is 9.22. The smallest absolute Gasteiger partial charge is 0.251 e. The Kier molecular flexibility index (Phi) is 6.72. The van der Waals surface area contributed by atoms with Crippen molar-refractivity contribution < 1.29 is 19.1 Å². The quantitative estimate of drug-likeness (QED) is 0.831. The molecule has 6 nitrogen and oxygen atoms in total. The molecule has 148 valence electrons. The third-order valence-electron chi connectivity index (χ3n) is 5.06. The standard InChI is InChI=1S/C21H30N2O4/c1-15(2)22-20(24)17-7-9-18(10-8-17)27-14-16-5-3-11-23(13-16)21(25)19-6-4-12-26-19/h7-10,15-16,19H,3-6,11-14H2,1-2H3,(H,22,24)/t16-,19-/m0/s1. The molecule has 2 aliphatic heterocycles. The molecule has 2 heterocycles. The van der Waals surface area contributed by atoms with Gasteiger partial charge in [0.15, 0.2) is 0 Å².